The van der Waals surface area contributed by atoms with Crippen LogP contribution in [0.2, 0.25) is 0 Å². The van der Waals surface area contributed by atoms with Gasteiger partial charge in [-0.2, -0.15) is 0 Å². The normalized spacial score (nSPS) is 26.0. The van der Waals surface area contributed by atoms with Gasteiger partial charge < -0.3 is 9.80 Å². The average molecular weight is 286 g/mol. The minimum Gasteiger partial charge on any atom is -0.329 e. The van der Waals surface area contributed by atoms with Gasteiger partial charge in [0.1, 0.15) is 12.1 Å². The van der Waals surface area contributed by atoms with Crippen molar-refractivity contribution in [1.29, 1.82) is 0 Å². The number of hydrogen-bond donors (Lipinski definition) is 0. The number of hydrogen-bond acceptors (Lipinski definition) is 2. The molecule has 2 unspecified atom stereocenters. The summed E-state index contributed by atoms with van der Waals surface area (Å²) in [5, 5.41) is 0. The standard InChI is InChI=1S/C17H22N2O2/c1-12-6-8-14(9-7-12)11-19-13(2)16(20)18-10-4-3-5-15(18)17(19)21/h6-9,13,15H,3-5,10-11H2,1-2H3. The maximum Gasteiger partial charge on any atom is 0.246 e. The van der Waals surface area contributed by atoms with Crippen LogP contribution in [-0.4, -0.2) is 40.2 Å². The van der Waals surface area contributed by atoms with E-state index < -0.39 is 0 Å². The van der Waals surface area contributed by atoms with E-state index in [1.807, 2.05) is 38.1 Å². The first-order valence-electron chi connectivity index (χ1n) is 7.74. The summed E-state index contributed by atoms with van der Waals surface area (Å²) in [4.78, 5) is 28.8. The van der Waals surface area contributed by atoms with Crippen molar-refractivity contribution >= 4 is 11.8 Å². The number of nitrogens with zero attached hydrogens (tertiary/aromatic N) is 2. The van der Waals surface area contributed by atoms with E-state index in [0.29, 0.717) is 6.54 Å². The summed E-state index contributed by atoms with van der Waals surface area (Å²) in [6, 6.07) is 7.58. The third-order valence-electron chi connectivity index (χ3n) is 4.65. The van der Waals surface area contributed by atoms with Crippen molar-refractivity contribution in [3.8, 4) is 0 Å². The fourth-order valence-corrected chi connectivity index (χ4v) is 3.31. The average Bonchev–Trinajstić information content (AvgIpc) is 2.51. The van der Waals surface area contributed by atoms with Crippen molar-refractivity contribution in [1.82, 2.24) is 9.80 Å². The Morgan fingerprint density at radius 3 is 2.52 bits per heavy atom. The van der Waals surface area contributed by atoms with E-state index in [4.69, 9.17) is 0 Å². The van der Waals surface area contributed by atoms with Gasteiger partial charge in [-0.3, -0.25) is 9.59 Å². The minimum absolute atomic E-state index is 0.103. The van der Waals surface area contributed by atoms with E-state index in [1.165, 1.54) is 5.56 Å². The number of amides is 2. The molecule has 3 rings (SSSR count). The highest BCUT2D eigenvalue weighted by Crippen LogP contribution is 2.27. The number of aryl methyl sites for hydroxylation is 1. The van der Waals surface area contributed by atoms with Crippen LogP contribution in [0.15, 0.2) is 24.3 Å². The monoisotopic (exact) mass is 286 g/mol. The van der Waals surface area contributed by atoms with Gasteiger partial charge in [-0.05, 0) is 38.7 Å². The molecule has 4 nitrogen and oxygen atoms in total. The summed E-state index contributed by atoms with van der Waals surface area (Å²) >= 11 is 0. The van der Waals surface area contributed by atoms with E-state index in [-0.39, 0.29) is 23.9 Å². The van der Waals surface area contributed by atoms with Gasteiger partial charge in [0, 0.05) is 13.1 Å². The van der Waals surface area contributed by atoms with Crippen molar-refractivity contribution in [2.45, 2.75) is 51.7 Å². The number of carbonyl (C=O) groups excluding carboxylic acids is 2. The Kier molecular flexibility index (Phi) is 3.70. The second kappa shape index (κ2) is 5.51. The van der Waals surface area contributed by atoms with Gasteiger partial charge in [-0.25, -0.2) is 0 Å². The molecule has 1 aromatic carbocycles. The molecule has 112 valence electrons. The Labute approximate surface area is 125 Å². The molecule has 0 N–H and O–H groups in total. The van der Waals surface area contributed by atoms with Crippen LogP contribution < -0.4 is 0 Å². The lowest BCUT2D eigenvalue weighted by Gasteiger charge is -2.46. The first-order chi connectivity index (χ1) is 10.1. The van der Waals surface area contributed by atoms with Crippen LogP contribution in [-0.2, 0) is 16.1 Å². The topological polar surface area (TPSA) is 40.6 Å². The van der Waals surface area contributed by atoms with E-state index in [1.54, 1.807) is 9.80 Å². The molecule has 2 heterocycles. The van der Waals surface area contributed by atoms with Crippen molar-refractivity contribution < 1.29 is 9.59 Å². The Morgan fingerprint density at radius 1 is 1.10 bits per heavy atom. The highest BCUT2D eigenvalue weighted by molar-refractivity contribution is 5.96. The van der Waals surface area contributed by atoms with E-state index in [0.717, 1.165) is 31.4 Å². The van der Waals surface area contributed by atoms with E-state index >= 15 is 0 Å². The first-order valence-corrected chi connectivity index (χ1v) is 7.74. The van der Waals surface area contributed by atoms with Crippen molar-refractivity contribution in [2.75, 3.05) is 6.54 Å². The highest BCUT2D eigenvalue weighted by atomic mass is 16.2. The minimum atomic E-state index is -0.354. The molecule has 1 aromatic rings. The number of piperazine rings is 1. The lowest BCUT2D eigenvalue weighted by atomic mass is 9.95. The second-order valence-corrected chi connectivity index (χ2v) is 6.17. The van der Waals surface area contributed by atoms with Crippen LogP contribution in [0.3, 0.4) is 0 Å². The molecule has 0 radical (unpaired) electrons. The molecular formula is C17H22N2O2. The number of fused-ring (bicyclic) bond motifs is 1. The molecular weight excluding hydrogens is 264 g/mol. The lowest BCUT2D eigenvalue weighted by Crippen LogP contribution is -2.64. The van der Waals surface area contributed by atoms with Gasteiger partial charge in [0.15, 0.2) is 0 Å². The zero-order valence-electron chi connectivity index (χ0n) is 12.7. The Hall–Kier alpha value is -1.84. The Morgan fingerprint density at radius 2 is 1.81 bits per heavy atom. The summed E-state index contributed by atoms with van der Waals surface area (Å²) in [6.45, 7) is 5.15. The first kappa shape index (κ1) is 14.1. The SMILES string of the molecule is Cc1ccc(CN2C(=O)C3CCCCN3C(=O)C2C)cc1. The molecule has 0 aliphatic carbocycles. The smallest absolute Gasteiger partial charge is 0.246 e. The van der Waals surface area contributed by atoms with Gasteiger partial charge >= 0.3 is 0 Å². The number of rotatable bonds is 2. The molecule has 2 atom stereocenters. The van der Waals surface area contributed by atoms with Crippen molar-refractivity contribution in [3.63, 3.8) is 0 Å². The van der Waals surface area contributed by atoms with Crippen molar-refractivity contribution in [3.05, 3.63) is 35.4 Å². The summed E-state index contributed by atoms with van der Waals surface area (Å²) in [5.74, 6) is 0.216. The van der Waals surface area contributed by atoms with Crippen molar-refractivity contribution in [2.24, 2.45) is 0 Å². The fraction of sp³-hybridized carbons (Fsp3) is 0.529. The predicted molar refractivity (Wildman–Crippen MR) is 80.5 cm³/mol. The second-order valence-electron chi connectivity index (χ2n) is 6.17. The van der Waals surface area contributed by atoms with Gasteiger partial charge in [-0.1, -0.05) is 29.8 Å². The number of piperidine rings is 1. The number of benzene rings is 1. The molecule has 2 aliphatic rings. The molecule has 21 heavy (non-hydrogen) atoms. The quantitative estimate of drug-likeness (QED) is 0.835. The molecule has 2 amide bonds. The third-order valence-corrected chi connectivity index (χ3v) is 4.65. The van der Waals surface area contributed by atoms with Gasteiger partial charge in [0.2, 0.25) is 11.8 Å². The van der Waals surface area contributed by atoms with Crippen LogP contribution in [0, 0.1) is 6.92 Å². The van der Waals surface area contributed by atoms with Crippen LogP contribution in [0.25, 0.3) is 0 Å². The van der Waals surface area contributed by atoms with Gasteiger partial charge in [0.05, 0.1) is 0 Å². The molecule has 2 fully saturated rings. The van der Waals surface area contributed by atoms with Crippen LogP contribution >= 0.6 is 0 Å². The zero-order chi connectivity index (χ0) is 15.0. The predicted octanol–water partition coefficient (Wildman–Crippen LogP) is 2.11. The lowest BCUT2D eigenvalue weighted by molar-refractivity contribution is -0.163. The molecule has 4 heteroatoms. The molecule has 2 aliphatic heterocycles. The largest absolute Gasteiger partial charge is 0.329 e. The van der Waals surface area contributed by atoms with E-state index in [2.05, 4.69) is 0 Å². The van der Waals surface area contributed by atoms with Crippen LogP contribution in [0.5, 0.6) is 0 Å². The molecule has 0 spiro atoms. The third kappa shape index (κ3) is 2.55. The number of carbonyl (C=O) groups is 2. The Balaban J connectivity index is 1.82. The van der Waals surface area contributed by atoms with Gasteiger partial charge in [-0.15, -0.1) is 0 Å². The highest BCUT2D eigenvalue weighted by Gasteiger charge is 2.44. The Bertz CT molecular complexity index is 552. The summed E-state index contributed by atoms with van der Waals surface area (Å²) in [6.07, 6.45) is 2.86. The molecule has 0 aromatic heterocycles. The molecule has 0 saturated carbocycles. The molecule has 0 bridgehead atoms. The van der Waals surface area contributed by atoms with Crippen LogP contribution in [0.4, 0.5) is 0 Å². The fourth-order valence-electron chi connectivity index (χ4n) is 3.31. The zero-order valence-corrected chi connectivity index (χ0v) is 12.7. The maximum absolute atomic E-state index is 12.7. The molecule has 2 saturated heterocycles. The van der Waals surface area contributed by atoms with E-state index in [9.17, 15) is 9.59 Å². The summed E-state index contributed by atoms with van der Waals surface area (Å²) < 4.78 is 0. The summed E-state index contributed by atoms with van der Waals surface area (Å²) in [7, 11) is 0. The summed E-state index contributed by atoms with van der Waals surface area (Å²) in [5.41, 5.74) is 2.28. The van der Waals surface area contributed by atoms with Gasteiger partial charge in [0.25, 0.3) is 0 Å². The van der Waals surface area contributed by atoms with Crippen LogP contribution in [0.1, 0.15) is 37.3 Å². The maximum atomic E-state index is 12.7.